The summed E-state index contributed by atoms with van der Waals surface area (Å²) in [7, 11) is 0. The SMILES string of the molecule is c1ccc2nc3ncncc3nc2c1.c1cnc2c(c1)ccc1ncccc12. The monoisotopic (exact) mass is 362 g/mol. The van der Waals surface area contributed by atoms with E-state index in [9.17, 15) is 0 Å². The van der Waals surface area contributed by atoms with E-state index in [2.05, 4.69) is 48.1 Å². The fourth-order valence-electron chi connectivity index (χ4n) is 3.07. The van der Waals surface area contributed by atoms with Crippen molar-refractivity contribution in [2.75, 3.05) is 0 Å². The predicted octanol–water partition coefficient (Wildman–Crippen LogP) is 4.36. The summed E-state index contributed by atoms with van der Waals surface area (Å²) in [6, 6.07) is 19.8. The van der Waals surface area contributed by atoms with Gasteiger partial charge in [0.25, 0.3) is 0 Å². The first-order chi connectivity index (χ1) is 13.9. The number of hydrogen-bond donors (Lipinski definition) is 0. The van der Waals surface area contributed by atoms with E-state index in [-0.39, 0.29) is 0 Å². The molecule has 0 aliphatic heterocycles. The summed E-state index contributed by atoms with van der Waals surface area (Å²) in [5.74, 6) is 0. The first-order valence-corrected chi connectivity index (χ1v) is 8.79. The summed E-state index contributed by atoms with van der Waals surface area (Å²) in [4.78, 5) is 25.4. The van der Waals surface area contributed by atoms with Gasteiger partial charge in [-0.15, -0.1) is 0 Å². The molecule has 132 valence electrons. The highest BCUT2D eigenvalue weighted by atomic mass is 14.9. The van der Waals surface area contributed by atoms with E-state index in [4.69, 9.17) is 0 Å². The van der Waals surface area contributed by atoms with E-state index in [1.54, 1.807) is 12.4 Å². The Balaban J connectivity index is 0.000000122. The molecule has 0 spiro atoms. The molecule has 6 nitrogen and oxygen atoms in total. The number of pyridine rings is 2. The van der Waals surface area contributed by atoms with Crippen LogP contribution in [0.2, 0.25) is 0 Å². The van der Waals surface area contributed by atoms with E-state index in [1.807, 2.05) is 48.7 Å². The predicted molar refractivity (Wildman–Crippen MR) is 110 cm³/mol. The standard InChI is InChI=1S/C12H8N2.C10H6N4/c1-3-9-5-6-11-10(4-2-7-13-11)12(9)14-8-1;1-2-4-8-7(3-1)13-9-5-11-6-12-10(9)14-8/h1-8H;1-6H. The Morgan fingerprint density at radius 2 is 1.39 bits per heavy atom. The molecule has 0 N–H and O–H groups in total. The van der Waals surface area contributed by atoms with Gasteiger partial charge < -0.3 is 0 Å². The molecule has 0 saturated heterocycles. The molecule has 0 amide bonds. The van der Waals surface area contributed by atoms with Gasteiger partial charge in [-0.1, -0.05) is 24.3 Å². The molecule has 6 aromatic rings. The smallest absolute Gasteiger partial charge is 0.181 e. The molecule has 0 saturated carbocycles. The van der Waals surface area contributed by atoms with Crippen LogP contribution in [0.1, 0.15) is 0 Å². The van der Waals surface area contributed by atoms with E-state index < -0.39 is 0 Å². The highest BCUT2D eigenvalue weighted by Gasteiger charge is 2.01. The van der Waals surface area contributed by atoms with Crippen LogP contribution in [0, 0.1) is 0 Å². The second-order valence-electron chi connectivity index (χ2n) is 6.15. The third-order valence-corrected chi connectivity index (χ3v) is 4.37. The third kappa shape index (κ3) is 2.97. The fourth-order valence-corrected chi connectivity index (χ4v) is 3.07. The summed E-state index contributed by atoms with van der Waals surface area (Å²) in [6.45, 7) is 0. The zero-order valence-corrected chi connectivity index (χ0v) is 14.8. The van der Waals surface area contributed by atoms with Crippen LogP contribution in [0.3, 0.4) is 0 Å². The largest absolute Gasteiger partial charge is 0.256 e. The minimum absolute atomic E-state index is 0.638. The molecule has 0 bridgehead atoms. The second-order valence-corrected chi connectivity index (χ2v) is 6.15. The molecular formula is C22H14N6. The third-order valence-electron chi connectivity index (χ3n) is 4.37. The van der Waals surface area contributed by atoms with Gasteiger partial charge in [0.1, 0.15) is 11.8 Å². The molecule has 0 fully saturated rings. The summed E-state index contributed by atoms with van der Waals surface area (Å²) in [5, 5.41) is 2.28. The maximum absolute atomic E-state index is 4.39. The fraction of sp³-hybridized carbons (Fsp3) is 0. The van der Waals surface area contributed by atoms with Gasteiger partial charge in [-0.3, -0.25) is 9.97 Å². The topological polar surface area (TPSA) is 77.3 Å². The number of benzene rings is 2. The average Bonchev–Trinajstić information content (AvgIpc) is 2.78. The molecule has 6 rings (SSSR count). The van der Waals surface area contributed by atoms with Gasteiger partial charge in [-0.2, -0.15) is 0 Å². The van der Waals surface area contributed by atoms with Crippen LogP contribution >= 0.6 is 0 Å². The lowest BCUT2D eigenvalue weighted by Gasteiger charge is -2.00. The Bertz CT molecular complexity index is 1250. The Kier molecular flexibility index (Phi) is 3.99. The van der Waals surface area contributed by atoms with Crippen LogP contribution in [0.25, 0.3) is 44.0 Å². The van der Waals surface area contributed by atoms with Gasteiger partial charge in [0, 0.05) is 23.2 Å². The quantitative estimate of drug-likeness (QED) is 0.295. The highest BCUT2D eigenvalue weighted by molar-refractivity contribution is 6.03. The molecule has 4 heterocycles. The zero-order valence-electron chi connectivity index (χ0n) is 14.8. The van der Waals surface area contributed by atoms with Crippen molar-refractivity contribution in [1.82, 2.24) is 29.9 Å². The molecule has 0 aliphatic carbocycles. The summed E-state index contributed by atoms with van der Waals surface area (Å²) in [6.07, 6.45) is 6.76. The van der Waals surface area contributed by atoms with Crippen molar-refractivity contribution in [1.29, 1.82) is 0 Å². The number of rotatable bonds is 0. The Hall–Kier alpha value is -4.06. The molecular weight excluding hydrogens is 348 g/mol. The normalized spacial score (nSPS) is 10.9. The Morgan fingerprint density at radius 1 is 0.571 bits per heavy atom. The van der Waals surface area contributed by atoms with Gasteiger partial charge in [-0.05, 0) is 36.4 Å². The molecule has 0 aliphatic rings. The maximum Gasteiger partial charge on any atom is 0.181 e. The van der Waals surface area contributed by atoms with Crippen molar-refractivity contribution < 1.29 is 0 Å². The molecule has 2 aromatic carbocycles. The lowest BCUT2D eigenvalue weighted by molar-refractivity contribution is 1.17. The lowest BCUT2D eigenvalue weighted by Crippen LogP contribution is -1.90. The summed E-state index contributed by atoms with van der Waals surface area (Å²) >= 11 is 0. The van der Waals surface area contributed by atoms with Gasteiger partial charge in [0.05, 0.1) is 28.3 Å². The summed E-state index contributed by atoms with van der Waals surface area (Å²) < 4.78 is 0. The first kappa shape index (κ1) is 16.1. The van der Waals surface area contributed by atoms with E-state index in [1.165, 1.54) is 6.33 Å². The molecule has 0 radical (unpaired) electrons. The van der Waals surface area contributed by atoms with Crippen LogP contribution in [-0.4, -0.2) is 29.9 Å². The zero-order chi connectivity index (χ0) is 18.8. The van der Waals surface area contributed by atoms with Gasteiger partial charge >= 0.3 is 0 Å². The van der Waals surface area contributed by atoms with Gasteiger partial charge in [0.15, 0.2) is 5.65 Å². The van der Waals surface area contributed by atoms with Crippen molar-refractivity contribution in [3.63, 3.8) is 0 Å². The minimum Gasteiger partial charge on any atom is -0.256 e. The van der Waals surface area contributed by atoms with Crippen molar-refractivity contribution in [3.8, 4) is 0 Å². The number of hydrogen-bond acceptors (Lipinski definition) is 6. The van der Waals surface area contributed by atoms with E-state index >= 15 is 0 Å². The molecule has 4 aromatic heterocycles. The van der Waals surface area contributed by atoms with Crippen LogP contribution in [0.5, 0.6) is 0 Å². The minimum atomic E-state index is 0.638. The Labute approximate surface area is 160 Å². The molecule has 0 unspecified atom stereocenters. The number of fused-ring (bicyclic) bond motifs is 5. The molecule has 0 atom stereocenters. The molecule has 6 heteroatoms. The van der Waals surface area contributed by atoms with Crippen molar-refractivity contribution in [2.24, 2.45) is 0 Å². The highest BCUT2D eigenvalue weighted by Crippen LogP contribution is 2.21. The lowest BCUT2D eigenvalue weighted by atomic mass is 10.1. The number of para-hydroxylation sites is 2. The summed E-state index contributed by atoms with van der Waals surface area (Å²) in [5.41, 5.74) is 5.12. The molecule has 28 heavy (non-hydrogen) atoms. The van der Waals surface area contributed by atoms with Crippen LogP contribution < -0.4 is 0 Å². The maximum atomic E-state index is 4.39. The van der Waals surface area contributed by atoms with Crippen molar-refractivity contribution in [2.45, 2.75) is 0 Å². The number of nitrogens with zero attached hydrogens (tertiary/aromatic N) is 6. The van der Waals surface area contributed by atoms with Crippen LogP contribution in [-0.2, 0) is 0 Å². The van der Waals surface area contributed by atoms with Crippen LogP contribution in [0.4, 0.5) is 0 Å². The van der Waals surface area contributed by atoms with Crippen molar-refractivity contribution >= 4 is 44.0 Å². The number of aromatic nitrogens is 6. The Morgan fingerprint density at radius 3 is 2.32 bits per heavy atom. The average molecular weight is 362 g/mol. The first-order valence-electron chi connectivity index (χ1n) is 8.79. The van der Waals surface area contributed by atoms with Crippen LogP contribution in [0.15, 0.2) is 85.6 Å². The van der Waals surface area contributed by atoms with Crippen molar-refractivity contribution in [3.05, 3.63) is 85.6 Å². The van der Waals surface area contributed by atoms with Gasteiger partial charge in [-0.25, -0.2) is 19.9 Å². The van der Waals surface area contributed by atoms with Gasteiger partial charge in [0.2, 0.25) is 0 Å². The second kappa shape index (κ2) is 6.92. The van der Waals surface area contributed by atoms with E-state index in [0.717, 1.165) is 38.4 Å². The van der Waals surface area contributed by atoms with E-state index in [0.29, 0.717) is 5.65 Å².